The number of aromatic hydroxyl groups is 1. The summed E-state index contributed by atoms with van der Waals surface area (Å²) in [7, 11) is 2.07. The molecular weight excluding hydrogens is 307 g/mol. The number of ether oxygens (including phenoxy) is 1. The van der Waals surface area contributed by atoms with Crippen LogP contribution in [0.5, 0.6) is 11.5 Å². The van der Waals surface area contributed by atoms with Crippen molar-refractivity contribution in [1.29, 1.82) is 0 Å². The molecule has 0 aliphatic carbocycles. The molecule has 2 N–H and O–H groups in total. The van der Waals surface area contributed by atoms with E-state index in [4.69, 9.17) is 4.74 Å². The van der Waals surface area contributed by atoms with Crippen molar-refractivity contribution in [3.63, 3.8) is 0 Å². The minimum atomic E-state index is -0.501. The fraction of sp³-hybridized carbons (Fsp3) is 0.368. The molecule has 4 heteroatoms. The highest BCUT2D eigenvalue weighted by atomic mass is 31.1. The first-order valence-corrected chi connectivity index (χ1v) is 8.84. The van der Waals surface area contributed by atoms with E-state index in [0.29, 0.717) is 8.58 Å². The van der Waals surface area contributed by atoms with Gasteiger partial charge in [0.25, 0.3) is 0 Å². The third kappa shape index (κ3) is 3.85. The number of phenolic OH excluding ortho intramolecular Hbond substituents is 1. The van der Waals surface area contributed by atoms with Crippen LogP contribution < -0.4 is 10.0 Å². The predicted molar refractivity (Wildman–Crippen MR) is 97.3 cm³/mol. The Hall–Kier alpha value is -1.57. The summed E-state index contributed by atoms with van der Waals surface area (Å²) in [4.78, 5) is 0. The topological polar surface area (TPSA) is 49.7 Å². The Labute approximate surface area is 140 Å². The quantitative estimate of drug-likeness (QED) is 0.784. The molecule has 0 aliphatic rings. The van der Waals surface area contributed by atoms with Crippen molar-refractivity contribution in [2.45, 2.75) is 38.5 Å². The molecule has 2 aromatic carbocycles. The zero-order valence-electron chi connectivity index (χ0n) is 14.1. The minimum Gasteiger partial charge on any atom is -0.508 e. The molecule has 0 spiro atoms. The summed E-state index contributed by atoms with van der Waals surface area (Å²) in [5, 5.41) is 21.3. The largest absolute Gasteiger partial charge is 0.508 e. The van der Waals surface area contributed by atoms with E-state index < -0.39 is 6.10 Å². The normalized spacial score (nSPS) is 15.5. The Morgan fingerprint density at radius 2 is 1.91 bits per heavy atom. The van der Waals surface area contributed by atoms with Gasteiger partial charge in [0.05, 0.1) is 13.2 Å². The molecule has 2 aromatic rings. The van der Waals surface area contributed by atoms with Gasteiger partial charge in [-0.3, -0.25) is 0 Å². The van der Waals surface area contributed by atoms with Crippen molar-refractivity contribution in [3.05, 3.63) is 53.6 Å². The van der Waals surface area contributed by atoms with Crippen LogP contribution in [0.1, 0.15) is 44.4 Å². The van der Waals surface area contributed by atoms with E-state index in [0.717, 1.165) is 28.6 Å². The second-order valence-corrected chi connectivity index (χ2v) is 7.85. The number of hydrogen-bond acceptors (Lipinski definition) is 3. The van der Waals surface area contributed by atoms with E-state index in [1.165, 1.54) is 0 Å². The maximum atomic E-state index is 10.4. The molecule has 3 unspecified atom stereocenters. The second-order valence-electron chi connectivity index (χ2n) is 5.96. The van der Waals surface area contributed by atoms with Crippen molar-refractivity contribution in [3.8, 4) is 11.5 Å². The number of rotatable bonds is 6. The molecule has 124 valence electrons. The van der Waals surface area contributed by atoms with Crippen LogP contribution in [0.15, 0.2) is 42.5 Å². The molecule has 0 bridgehead atoms. The molecular formula is C19H25O3P. The highest BCUT2D eigenvalue weighted by Crippen LogP contribution is 2.48. The molecule has 0 amide bonds. The van der Waals surface area contributed by atoms with Gasteiger partial charge in [-0.2, -0.15) is 0 Å². The number of hydrogen-bond donors (Lipinski definition) is 2. The van der Waals surface area contributed by atoms with Gasteiger partial charge in [-0.25, -0.2) is 0 Å². The predicted octanol–water partition coefficient (Wildman–Crippen LogP) is 4.08. The zero-order chi connectivity index (χ0) is 17.0. The average molecular weight is 332 g/mol. The zero-order valence-corrected chi connectivity index (χ0v) is 15.1. The maximum Gasteiger partial charge on any atom is 0.119 e. The van der Waals surface area contributed by atoms with E-state index in [1.807, 2.05) is 24.3 Å². The van der Waals surface area contributed by atoms with Crippen LogP contribution in [0.2, 0.25) is 0 Å². The van der Waals surface area contributed by atoms with Gasteiger partial charge < -0.3 is 14.9 Å². The first-order valence-electron chi connectivity index (χ1n) is 7.84. The number of aliphatic hydroxyl groups is 1. The molecule has 0 heterocycles. The van der Waals surface area contributed by atoms with E-state index in [1.54, 1.807) is 26.2 Å². The summed E-state index contributed by atoms with van der Waals surface area (Å²) >= 11 is 0. The van der Waals surface area contributed by atoms with Gasteiger partial charge in [-0.05, 0) is 42.4 Å². The molecule has 0 aliphatic heterocycles. The van der Waals surface area contributed by atoms with Gasteiger partial charge >= 0.3 is 0 Å². The van der Waals surface area contributed by atoms with Gasteiger partial charge in [-0.15, -0.1) is 0 Å². The van der Waals surface area contributed by atoms with Gasteiger partial charge in [-0.1, -0.05) is 46.7 Å². The minimum absolute atomic E-state index is 0.219. The number of phenols is 1. The number of aliphatic hydroxyl groups excluding tert-OH is 1. The number of methoxy groups -OCH3 is 1. The Kier molecular flexibility index (Phi) is 5.67. The Morgan fingerprint density at radius 3 is 2.52 bits per heavy atom. The summed E-state index contributed by atoms with van der Waals surface area (Å²) in [6.07, 6.45) is 0.374. The second kappa shape index (κ2) is 7.33. The van der Waals surface area contributed by atoms with Crippen LogP contribution in [0.25, 0.3) is 0 Å². The Balaban J connectivity index is 2.46. The molecule has 0 aromatic heterocycles. The summed E-state index contributed by atoms with van der Waals surface area (Å²) < 4.78 is 5.31. The first-order chi connectivity index (χ1) is 10.9. The third-order valence-corrected chi connectivity index (χ3v) is 6.23. The van der Waals surface area contributed by atoms with Crippen molar-refractivity contribution in [1.82, 2.24) is 0 Å². The van der Waals surface area contributed by atoms with Crippen LogP contribution in [0.3, 0.4) is 0 Å². The van der Waals surface area contributed by atoms with Gasteiger partial charge in [0.2, 0.25) is 0 Å². The highest BCUT2D eigenvalue weighted by Gasteiger charge is 2.29. The van der Waals surface area contributed by atoms with Crippen molar-refractivity contribution in [2.24, 2.45) is 0 Å². The average Bonchev–Trinajstić information content (AvgIpc) is 2.55. The van der Waals surface area contributed by atoms with Crippen LogP contribution in [-0.2, 0) is 5.16 Å². The molecule has 2 rings (SSSR count). The van der Waals surface area contributed by atoms with E-state index in [2.05, 4.69) is 19.9 Å². The fourth-order valence-corrected chi connectivity index (χ4v) is 4.42. The lowest BCUT2D eigenvalue weighted by molar-refractivity contribution is 0.200. The van der Waals surface area contributed by atoms with Gasteiger partial charge in [0.15, 0.2) is 0 Å². The number of benzene rings is 2. The summed E-state index contributed by atoms with van der Waals surface area (Å²) in [6, 6.07) is 13.3. The monoisotopic (exact) mass is 332 g/mol. The standard InChI is InChI=1S/C19H25O3P/c1-5-19(3,16-12-14(22-4)10-11-17(16)21)23-18-9-7-6-8-15(18)13(2)20/h6-13,20-21,23H,5H2,1-4H3. The highest BCUT2D eigenvalue weighted by molar-refractivity contribution is 7.48. The lowest BCUT2D eigenvalue weighted by Crippen LogP contribution is -2.21. The van der Waals surface area contributed by atoms with E-state index in [-0.39, 0.29) is 10.9 Å². The Morgan fingerprint density at radius 1 is 1.22 bits per heavy atom. The van der Waals surface area contributed by atoms with Crippen LogP contribution in [0.4, 0.5) is 0 Å². The Bertz CT molecular complexity index is 669. The lowest BCUT2D eigenvalue weighted by atomic mass is 9.96. The van der Waals surface area contributed by atoms with E-state index in [9.17, 15) is 10.2 Å². The van der Waals surface area contributed by atoms with Crippen LogP contribution in [0, 0.1) is 0 Å². The van der Waals surface area contributed by atoms with Crippen LogP contribution >= 0.6 is 8.58 Å². The van der Waals surface area contributed by atoms with E-state index >= 15 is 0 Å². The van der Waals surface area contributed by atoms with Crippen LogP contribution in [-0.4, -0.2) is 17.3 Å². The molecule has 3 nitrogen and oxygen atoms in total. The van der Waals surface area contributed by atoms with Crippen molar-refractivity contribution in [2.75, 3.05) is 7.11 Å². The first kappa shape index (κ1) is 17.8. The van der Waals surface area contributed by atoms with Gasteiger partial charge in [0, 0.05) is 10.7 Å². The summed E-state index contributed by atoms with van der Waals surface area (Å²) in [6.45, 7) is 6.06. The van der Waals surface area contributed by atoms with Crippen molar-refractivity contribution >= 4 is 13.9 Å². The van der Waals surface area contributed by atoms with Gasteiger partial charge in [0.1, 0.15) is 11.5 Å². The summed E-state index contributed by atoms with van der Waals surface area (Å²) in [5.74, 6) is 1.03. The molecule has 0 fully saturated rings. The molecule has 0 saturated heterocycles. The maximum absolute atomic E-state index is 10.4. The third-order valence-electron chi connectivity index (χ3n) is 4.33. The smallest absolute Gasteiger partial charge is 0.119 e. The molecule has 3 atom stereocenters. The molecule has 0 saturated carbocycles. The van der Waals surface area contributed by atoms with Crippen molar-refractivity contribution < 1.29 is 14.9 Å². The summed E-state index contributed by atoms with van der Waals surface area (Å²) in [5.41, 5.74) is 1.84. The fourth-order valence-electron chi connectivity index (χ4n) is 2.70. The SMILES string of the molecule is CCC(C)(Pc1ccccc1C(C)O)c1cc(OC)ccc1O. The molecule has 0 radical (unpaired) electrons. The molecule has 23 heavy (non-hydrogen) atoms. The lowest BCUT2D eigenvalue weighted by Gasteiger charge is -2.31.